The highest BCUT2D eigenvalue weighted by atomic mass is 16.5. The highest BCUT2D eigenvalue weighted by Gasteiger charge is 2.30. The number of Topliss-reactive ketones (excluding diaryl/α,β-unsaturated/α-hetero) is 1. The second-order valence-electron chi connectivity index (χ2n) is 3.62. The van der Waals surface area contributed by atoms with Crippen molar-refractivity contribution in [3.05, 3.63) is 17.2 Å². The summed E-state index contributed by atoms with van der Waals surface area (Å²) in [5.74, 6) is -0.865. The number of hydrogen-bond donors (Lipinski definition) is 2. The number of carbonyl (C=O) groups is 1. The molecule has 16 heavy (non-hydrogen) atoms. The Morgan fingerprint density at radius 1 is 1.50 bits per heavy atom. The van der Waals surface area contributed by atoms with Gasteiger partial charge in [-0.3, -0.25) is 4.79 Å². The molecule has 0 saturated carbocycles. The highest BCUT2D eigenvalue weighted by molar-refractivity contribution is 6.02. The van der Waals surface area contributed by atoms with Crippen LogP contribution in [0, 0.1) is 0 Å². The number of phenols is 2. The van der Waals surface area contributed by atoms with Gasteiger partial charge in [-0.1, -0.05) is 0 Å². The Morgan fingerprint density at radius 3 is 2.81 bits per heavy atom. The molecule has 1 aromatic carbocycles. The second kappa shape index (κ2) is 3.68. The van der Waals surface area contributed by atoms with Crippen LogP contribution in [0.15, 0.2) is 6.07 Å². The lowest BCUT2D eigenvalue weighted by molar-refractivity contribution is 0.0326. The average Bonchev–Trinajstić information content (AvgIpc) is 2.27. The van der Waals surface area contributed by atoms with Gasteiger partial charge >= 0.3 is 0 Å². The maximum absolute atomic E-state index is 11.8. The molecule has 1 aliphatic rings. The molecule has 2 N–H and O–H groups in total. The number of fused-ring (bicyclic) bond motifs is 1. The minimum atomic E-state index is -0.541. The van der Waals surface area contributed by atoms with Crippen molar-refractivity contribution in [1.29, 1.82) is 0 Å². The number of phenolic OH excluding ortho intramolecular Hbond substituents is 2. The maximum atomic E-state index is 11.8. The molecule has 0 amide bonds. The molecule has 0 aliphatic carbocycles. The van der Waals surface area contributed by atoms with E-state index < -0.39 is 6.10 Å². The normalized spacial score (nSPS) is 19.4. The maximum Gasteiger partial charge on any atom is 0.200 e. The second-order valence-corrected chi connectivity index (χ2v) is 3.62. The van der Waals surface area contributed by atoms with Crippen molar-refractivity contribution >= 4 is 5.78 Å². The number of methoxy groups -OCH3 is 1. The van der Waals surface area contributed by atoms with E-state index in [2.05, 4.69) is 0 Å². The van der Waals surface area contributed by atoms with Crippen LogP contribution in [-0.4, -0.2) is 29.2 Å². The van der Waals surface area contributed by atoms with Gasteiger partial charge in [-0.2, -0.15) is 0 Å². The summed E-state index contributed by atoms with van der Waals surface area (Å²) in [6.07, 6.45) is -0.541. The van der Waals surface area contributed by atoms with Gasteiger partial charge in [0.25, 0.3) is 0 Å². The van der Waals surface area contributed by atoms with Gasteiger partial charge in [0.1, 0.15) is 6.10 Å². The fourth-order valence-corrected chi connectivity index (χ4v) is 1.76. The van der Waals surface area contributed by atoms with Crippen LogP contribution in [0.4, 0.5) is 0 Å². The lowest BCUT2D eigenvalue weighted by Crippen LogP contribution is -2.27. The van der Waals surface area contributed by atoms with Gasteiger partial charge in [-0.05, 0) is 13.0 Å². The molecule has 0 aromatic heterocycles. The van der Waals surface area contributed by atoms with E-state index in [9.17, 15) is 15.0 Å². The third kappa shape index (κ3) is 1.40. The average molecular weight is 224 g/mol. The molecule has 0 radical (unpaired) electrons. The van der Waals surface area contributed by atoms with Gasteiger partial charge in [-0.15, -0.1) is 0 Å². The fraction of sp³-hybridized carbons (Fsp3) is 0.364. The van der Waals surface area contributed by atoms with E-state index in [-0.39, 0.29) is 29.6 Å². The van der Waals surface area contributed by atoms with E-state index in [1.807, 2.05) is 0 Å². The molecule has 5 nitrogen and oxygen atoms in total. The Kier molecular flexibility index (Phi) is 2.47. The Bertz CT molecular complexity index is 452. The molecule has 0 unspecified atom stereocenters. The highest BCUT2D eigenvalue weighted by Crippen LogP contribution is 2.42. The van der Waals surface area contributed by atoms with E-state index in [4.69, 9.17) is 9.47 Å². The van der Waals surface area contributed by atoms with E-state index in [1.165, 1.54) is 13.2 Å². The van der Waals surface area contributed by atoms with Crippen LogP contribution >= 0.6 is 0 Å². The van der Waals surface area contributed by atoms with Crippen molar-refractivity contribution in [1.82, 2.24) is 0 Å². The smallest absolute Gasteiger partial charge is 0.200 e. The van der Waals surface area contributed by atoms with Crippen molar-refractivity contribution in [3.63, 3.8) is 0 Å². The van der Waals surface area contributed by atoms with Crippen LogP contribution in [0.2, 0.25) is 0 Å². The number of ketones is 1. The largest absolute Gasteiger partial charge is 0.504 e. The third-order valence-electron chi connectivity index (χ3n) is 2.65. The van der Waals surface area contributed by atoms with Crippen molar-refractivity contribution < 1.29 is 24.5 Å². The number of ether oxygens (including phenoxy) is 2. The number of benzene rings is 1. The molecule has 1 heterocycles. The zero-order valence-electron chi connectivity index (χ0n) is 8.98. The van der Waals surface area contributed by atoms with E-state index in [0.717, 1.165) is 0 Å². The van der Waals surface area contributed by atoms with E-state index in [1.54, 1.807) is 6.92 Å². The molecule has 1 atom stereocenters. The van der Waals surface area contributed by atoms with Crippen LogP contribution in [0.25, 0.3) is 0 Å². The molecular weight excluding hydrogens is 212 g/mol. The Hall–Kier alpha value is -1.75. The molecule has 86 valence electrons. The fourth-order valence-electron chi connectivity index (χ4n) is 1.76. The van der Waals surface area contributed by atoms with E-state index >= 15 is 0 Å². The summed E-state index contributed by atoms with van der Waals surface area (Å²) in [5, 5.41) is 19.0. The minimum absolute atomic E-state index is 0.0928. The van der Waals surface area contributed by atoms with Gasteiger partial charge in [-0.25, -0.2) is 0 Å². The summed E-state index contributed by atoms with van der Waals surface area (Å²) in [6, 6.07) is 1.24. The predicted octanol–water partition coefficient (Wildman–Crippen LogP) is 1.21. The third-order valence-corrected chi connectivity index (χ3v) is 2.65. The van der Waals surface area contributed by atoms with Crippen LogP contribution in [0.5, 0.6) is 17.2 Å². The molecule has 0 spiro atoms. The van der Waals surface area contributed by atoms with Crippen LogP contribution in [0.3, 0.4) is 0 Å². The van der Waals surface area contributed by atoms with Gasteiger partial charge < -0.3 is 19.7 Å². The standard InChI is InChI=1S/C11H12O5/c1-5-9(13)6-3-8(12)10(14)11(15-2)7(6)4-16-5/h3,5,12,14H,4H2,1-2H3/t5-/m0/s1. The van der Waals surface area contributed by atoms with Crippen LogP contribution in [-0.2, 0) is 11.3 Å². The SMILES string of the molecule is COc1c(O)c(O)cc2c1CO[C@@H](C)C2=O. The zero-order valence-corrected chi connectivity index (χ0v) is 8.98. The molecular formula is C11H12O5. The summed E-state index contributed by atoms with van der Waals surface area (Å²) < 4.78 is 10.2. The number of carbonyl (C=O) groups excluding carboxylic acids is 1. The molecule has 0 bridgehead atoms. The quantitative estimate of drug-likeness (QED) is 0.701. The molecule has 1 aromatic rings. The van der Waals surface area contributed by atoms with Crippen molar-refractivity contribution in [2.24, 2.45) is 0 Å². The first kappa shape index (κ1) is 10.8. The van der Waals surface area contributed by atoms with Gasteiger partial charge in [0.15, 0.2) is 17.3 Å². The van der Waals surface area contributed by atoms with Crippen molar-refractivity contribution in [2.75, 3.05) is 7.11 Å². The number of aromatic hydroxyl groups is 2. The van der Waals surface area contributed by atoms with Gasteiger partial charge in [0.2, 0.25) is 5.75 Å². The lowest BCUT2D eigenvalue weighted by atomic mass is 9.96. The zero-order chi connectivity index (χ0) is 11.9. The summed E-state index contributed by atoms with van der Waals surface area (Å²) in [7, 11) is 1.36. The molecule has 2 rings (SSSR count). The molecule has 1 aliphatic heterocycles. The Balaban J connectivity index is 2.66. The summed E-state index contributed by atoms with van der Waals surface area (Å²) in [5.41, 5.74) is 0.812. The summed E-state index contributed by atoms with van der Waals surface area (Å²) >= 11 is 0. The first-order valence-corrected chi connectivity index (χ1v) is 4.84. The predicted molar refractivity (Wildman–Crippen MR) is 54.9 cm³/mol. The molecule has 5 heteroatoms. The topological polar surface area (TPSA) is 76.0 Å². The monoisotopic (exact) mass is 224 g/mol. The Labute approximate surface area is 92.2 Å². The Morgan fingerprint density at radius 2 is 2.19 bits per heavy atom. The summed E-state index contributed by atoms with van der Waals surface area (Å²) in [6.45, 7) is 1.82. The van der Waals surface area contributed by atoms with Crippen molar-refractivity contribution in [2.45, 2.75) is 19.6 Å². The van der Waals surface area contributed by atoms with Gasteiger partial charge in [0, 0.05) is 11.1 Å². The minimum Gasteiger partial charge on any atom is -0.504 e. The van der Waals surface area contributed by atoms with Crippen molar-refractivity contribution in [3.8, 4) is 17.2 Å². The van der Waals surface area contributed by atoms with E-state index in [0.29, 0.717) is 11.1 Å². The lowest BCUT2D eigenvalue weighted by Gasteiger charge is -2.23. The molecule has 0 saturated heterocycles. The van der Waals surface area contributed by atoms with Crippen LogP contribution < -0.4 is 4.74 Å². The number of rotatable bonds is 1. The van der Waals surface area contributed by atoms with Crippen LogP contribution in [0.1, 0.15) is 22.8 Å². The molecule has 0 fully saturated rings. The van der Waals surface area contributed by atoms with Gasteiger partial charge in [0.05, 0.1) is 13.7 Å². The first-order chi connectivity index (χ1) is 7.56. The number of hydrogen-bond acceptors (Lipinski definition) is 5. The first-order valence-electron chi connectivity index (χ1n) is 4.84. The summed E-state index contributed by atoms with van der Waals surface area (Å²) in [4.78, 5) is 11.8.